The fourth-order valence-corrected chi connectivity index (χ4v) is 3.74. The van der Waals surface area contributed by atoms with E-state index in [1.807, 2.05) is 38.2 Å². The van der Waals surface area contributed by atoms with Crippen LogP contribution < -0.4 is 10.1 Å². The molecule has 136 valence electrons. The first-order valence-electron chi connectivity index (χ1n) is 8.56. The fourth-order valence-electron chi connectivity index (χ4n) is 2.81. The lowest BCUT2D eigenvalue weighted by molar-refractivity contribution is -0.125. The van der Waals surface area contributed by atoms with E-state index in [2.05, 4.69) is 15.3 Å². The maximum Gasteiger partial charge on any atom is 0.226 e. The molecule has 2 aromatic heterocycles. The van der Waals surface area contributed by atoms with E-state index >= 15 is 0 Å². The van der Waals surface area contributed by atoms with Crippen LogP contribution in [0.5, 0.6) is 5.75 Å². The highest BCUT2D eigenvalue weighted by atomic mass is 35.5. The van der Waals surface area contributed by atoms with Crippen LogP contribution in [0.1, 0.15) is 35.3 Å². The maximum absolute atomic E-state index is 12.1. The Morgan fingerprint density at radius 1 is 1.42 bits per heavy atom. The smallest absolute Gasteiger partial charge is 0.226 e. The van der Waals surface area contributed by atoms with Gasteiger partial charge in [-0.25, -0.2) is 4.98 Å². The summed E-state index contributed by atoms with van der Waals surface area (Å²) >= 11 is 7.96. The first-order valence-corrected chi connectivity index (χ1v) is 9.76. The highest BCUT2D eigenvalue weighted by Gasteiger charge is 2.44. The molecule has 0 radical (unpaired) electrons. The van der Waals surface area contributed by atoms with Crippen LogP contribution in [0.2, 0.25) is 5.02 Å². The fraction of sp³-hybridized carbons (Fsp3) is 0.368. The standard InChI is InChI=1S/C19H20ClN3O2S/c1-11-8-21-17(26-11)10-25-16-7-15-12(6-14(16)20)5-13(23-15)9-22-18(24)19(2)3-4-19/h5-8,23H,3-4,9-10H2,1-2H3,(H,22,24). The second-order valence-electron chi connectivity index (χ2n) is 7.06. The molecule has 26 heavy (non-hydrogen) atoms. The maximum atomic E-state index is 12.1. The van der Waals surface area contributed by atoms with Gasteiger partial charge in [0.25, 0.3) is 0 Å². The minimum absolute atomic E-state index is 0.122. The molecule has 0 saturated heterocycles. The Balaban J connectivity index is 1.46. The van der Waals surface area contributed by atoms with Gasteiger partial charge in [0.05, 0.1) is 11.6 Å². The number of hydrogen-bond donors (Lipinski definition) is 2. The number of thiazole rings is 1. The van der Waals surface area contributed by atoms with Gasteiger partial charge in [0.2, 0.25) is 5.91 Å². The Morgan fingerprint density at radius 3 is 2.92 bits per heavy atom. The lowest BCUT2D eigenvalue weighted by Gasteiger charge is -2.08. The van der Waals surface area contributed by atoms with Gasteiger partial charge in [-0.2, -0.15) is 0 Å². The van der Waals surface area contributed by atoms with Crippen molar-refractivity contribution in [1.82, 2.24) is 15.3 Å². The van der Waals surface area contributed by atoms with Crippen molar-refractivity contribution in [1.29, 1.82) is 0 Å². The van der Waals surface area contributed by atoms with Crippen LogP contribution in [0.3, 0.4) is 0 Å². The summed E-state index contributed by atoms with van der Waals surface area (Å²) in [6, 6.07) is 5.78. The Morgan fingerprint density at radius 2 is 2.23 bits per heavy atom. The number of amides is 1. The van der Waals surface area contributed by atoms with Gasteiger partial charge in [-0.3, -0.25) is 4.79 Å². The first-order chi connectivity index (χ1) is 12.4. The Hall–Kier alpha value is -2.05. The summed E-state index contributed by atoms with van der Waals surface area (Å²) in [5, 5.41) is 5.47. The molecule has 1 fully saturated rings. The predicted octanol–water partition coefficient (Wildman–Crippen LogP) is 4.58. The van der Waals surface area contributed by atoms with Crippen LogP contribution in [-0.2, 0) is 17.9 Å². The Kier molecular flexibility index (Phi) is 4.40. The number of carbonyl (C=O) groups excluding carboxylic acids is 1. The summed E-state index contributed by atoms with van der Waals surface area (Å²) in [5.41, 5.74) is 1.72. The third-order valence-corrected chi connectivity index (χ3v) is 5.92. The van der Waals surface area contributed by atoms with Crippen molar-refractivity contribution in [3.63, 3.8) is 0 Å². The topological polar surface area (TPSA) is 67.0 Å². The summed E-state index contributed by atoms with van der Waals surface area (Å²) in [6.45, 7) is 4.89. The van der Waals surface area contributed by atoms with Crippen molar-refractivity contribution in [2.45, 2.75) is 39.8 Å². The minimum Gasteiger partial charge on any atom is -0.485 e. The lowest BCUT2D eigenvalue weighted by atomic mass is 10.1. The van der Waals surface area contributed by atoms with E-state index in [-0.39, 0.29) is 11.3 Å². The molecule has 1 aromatic carbocycles. The molecule has 2 N–H and O–H groups in total. The zero-order valence-electron chi connectivity index (χ0n) is 14.7. The molecule has 0 spiro atoms. The number of ether oxygens (including phenoxy) is 1. The number of aryl methyl sites for hydroxylation is 1. The van der Waals surface area contributed by atoms with Gasteiger partial charge in [0.15, 0.2) is 0 Å². The number of H-pyrrole nitrogens is 1. The summed E-state index contributed by atoms with van der Waals surface area (Å²) in [7, 11) is 0. The van der Waals surface area contributed by atoms with E-state index in [0.29, 0.717) is 23.9 Å². The Labute approximate surface area is 160 Å². The zero-order chi connectivity index (χ0) is 18.3. The second kappa shape index (κ2) is 6.59. The van der Waals surface area contributed by atoms with Crippen LogP contribution >= 0.6 is 22.9 Å². The molecule has 1 amide bonds. The van der Waals surface area contributed by atoms with Crippen LogP contribution in [-0.4, -0.2) is 15.9 Å². The molecule has 2 heterocycles. The number of carbonyl (C=O) groups is 1. The molecule has 7 heteroatoms. The molecule has 3 aromatic rings. The summed E-state index contributed by atoms with van der Waals surface area (Å²) in [5.74, 6) is 0.742. The average molecular weight is 390 g/mol. The molecule has 1 saturated carbocycles. The number of fused-ring (bicyclic) bond motifs is 1. The zero-order valence-corrected chi connectivity index (χ0v) is 16.3. The quantitative estimate of drug-likeness (QED) is 0.648. The molecule has 0 bridgehead atoms. The van der Waals surface area contributed by atoms with Crippen molar-refractivity contribution >= 4 is 39.7 Å². The molecular formula is C19H20ClN3O2S. The number of aromatic nitrogens is 2. The molecule has 0 aliphatic heterocycles. The van der Waals surface area contributed by atoms with Crippen molar-refractivity contribution in [2.24, 2.45) is 5.41 Å². The van der Waals surface area contributed by atoms with E-state index in [4.69, 9.17) is 16.3 Å². The van der Waals surface area contributed by atoms with Gasteiger partial charge in [0.1, 0.15) is 17.4 Å². The number of nitrogens with one attached hydrogen (secondary N) is 2. The number of benzene rings is 1. The SMILES string of the molecule is Cc1cnc(COc2cc3[nH]c(CNC(=O)C4(C)CC4)cc3cc2Cl)s1. The van der Waals surface area contributed by atoms with Crippen LogP contribution in [0.4, 0.5) is 0 Å². The normalized spacial score (nSPS) is 15.2. The molecule has 4 rings (SSSR count). The number of nitrogens with zero attached hydrogens (tertiary/aromatic N) is 1. The van der Waals surface area contributed by atoms with E-state index in [1.54, 1.807) is 11.3 Å². The van der Waals surface area contributed by atoms with Gasteiger partial charge in [-0.15, -0.1) is 11.3 Å². The number of aromatic amines is 1. The van der Waals surface area contributed by atoms with E-state index in [0.717, 1.165) is 39.3 Å². The van der Waals surface area contributed by atoms with Crippen molar-refractivity contribution < 1.29 is 9.53 Å². The second-order valence-corrected chi connectivity index (χ2v) is 8.79. The highest BCUT2D eigenvalue weighted by molar-refractivity contribution is 7.11. The van der Waals surface area contributed by atoms with Gasteiger partial charge >= 0.3 is 0 Å². The van der Waals surface area contributed by atoms with Crippen LogP contribution in [0, 0.1) is 12.3 Å². The monoisotopic (exact) mass is 389 g/mol. The molecule has 5 nitrogen and oxygen atoms in total. The molecule has 1 aliphatic rings. The van der Waals surface area contributed by atoms with Gasteiger partial charge in [-0.1, -0.05) is 18.5 Å². The lowest BCUT2D eigenvalue weighted by Crippen LogP contribution is -2.29. The van der Waals surface area contributed by atoms with Gasteiger partial charge in [0, 0.05) is 39.2 Å². The van der Waals surface area contributed by atoms with Gasteiger partial charge in [-0.05, 0) is 31.9 Å². The first kappa shape index (κ1) is 17.4. The summed E-state index contributed by atoms with van der Waals surface area (Å²) in [6.07, 6.45) is 3.78. The van der Waals surface area contributed by atoms with E-state index in [9.17, 15) is 4.79 Å². The third-order valence-electron chi connectivity index (χ3n) is 4.74. The minimum atomic E-state index is -0.162. The number of hydrogen-bond acceptors (Lipinski definition) is 4. The number of rotatable bonds is 6. The average Bonchev–Trinajstić information content (AvgIpc) is 3.04. The van der Waals surface area contributed by atoms with E-state index < -0.39 is 0 Å². The van der Waals surface area contributed by atoms with E-state index in [1.165, 1.54) is 0 Å². The molecule has 1 aliphatic carbocycles. The summed E-state index contributed by atoms with van der Waals surface area (Å²) in [4.78, 5) is 20.8. The number of halogens is 1. The van der Waals surface area contributed by atoms with Crippen LogP contribution in [0.25, 0.3) is 10.9 Å². The predicted molar refractivity (Wildman–Crippen MR) is 104 cm³/mol. The van der Waals surface area contributed by atoms with Crippen molar-refractivity contribution in [3.8, 4) is 5.75 Å². The summed E-state index contributed by atoms with van der Waals surface area (Å²) < 4.78 is 5.83. The highest BCUT2D eigenvalue weighted by Crippen LogP contribution is 2.45. The Bertz CT molecular complexity index is 974. The largest absolute Gasteiger partial charge is 0.485 e. The molecule has 0 atom stereocenters. The van der Waals surface area contributed by atoms with Gasteiger partial charge < -0.3 is 15.0 Å². The van der Waals surface area contributed by atoms with Crippen LogP contribution in [0.15, 0.2) is 24.4 Å². The molecular weight excluding hydrogens is 370 g/mol. The molecule has 0 unspecified atom stereocenters. The van der Waals surface area contributed by atoms with Crippen molar-refractivity contribution in [3.05, 3.63) is 45.0 Å². The third kappa shape index (κ3) is 3.57. The van der Waals surface area contributed by atoms with Crippen molar-refractivity contribution in [2.75, 3.05) is 0 Å².